The Morgan fingerprint density at radius 2 is 1.88 bits per heavy atom. The number of fused-ring (bicyclic) bond motifs is 1. The molecule has 0 amide bonds. The fraction of sp³-hybridized carbons (Fsp3) is 0.161. The summed E-state index contributed by atoms with van der Waals surface area (Å²) < 4.78 is 11.2. The van der Waals surface area contributed by atoms with Gasteiger partial charge in [-0.1, -0.05) is 24.3 Å². The van der Waals surface area contributed by atoms with Crippen molar-refractivity contribution in [1.29, 1.82) is 5.26 Å². The van der Waals surface area contributed by atoms with Crippen LogP contribution in [0.2, 0.25) is 0 Å². The molecule has 0 aliphatic carbocycles. The summed E-state index contributed by atoms with van der Waals surface area (Å²) in [6.07, 6.45) is 5.64. The number of ether oxygens (including phenoxy) is 2. The van der Waals surface area contributed by atoms with Gasteiger partial charge in [-0.25, -0.2) is 4.98 Å². The van der Waals surface area contributed by atoms with E-state index in [0.717, 1.165) is 23.2 Å². The van der Waals surface area contributed by atoms with Crippen molar-refractivity contribution in [1.82, 2.24) is 9.97 Å². The summed E-state index contributed by atoms with van der Waals surface area (Å²) >= 11 is 0. The summed E-state index contributed by atoms with van der Waals surface area (Å²) in [6, 6.07) is 20.5. The van der Waals surface area contributed by atoms with Crippen LogP contribution in [-0.4, -0.2) is 36.5 Å². The lowest BCUT2D eigenvalue weighted by Crippen LogP contribution is -2.39. The van der Waals surface area contributed by atoms with Crippen LogP contribution in [0.1, 0.15) is 28.3 Å². The fourth-order valence-electron chi connectivity index (χ4n) is 5.05. The molecular weight excluding hydrogens is 504 g/mol. The van der Waals surface area contributed by atoms with Crippen LogP contribution in [0.4, 0.5) is 17.5 Å². The molecule has 1 aromatic heterocycles. The molecule has 0 saturated carbocycles. The Morgan fingerprint density at radius 1 is 1.10 bits per heavy atom. The zero-order chi connectivity index (χ0) is 28.2. The van der Waals surface area contributed by atoms with Gasteiger partial charge in [-0.2, -0.15) is 10.2 Å². The van der Waals surface area contributed by atoms with E-state index in [1.54, 1.807) is 43.7 Å². The molecule has 200 valence electrons. The number of carbonyl (C=O) groups is 1. The minimum Gasteiger partial charge on any atom is -0.493 e. The smallest absolute Gasteiger partial charge is 0.221 e. The second-order valence-corrected chi connectivity index (χ2v) is 9.27. The first-order valence-electron chi connectivity index (χ1n) is 12.6. The number of rotatable bonds is 7. The van der Waals surface area contributed by atoms with Crippen LogP contribution in [0.25, 0.3) is 17.2 Å². The highest BCUT2D eigenvalue weighted by atomic mass is 16.5. The average molecular weight is 533 g/mol. The van der Waals surface area contributed by atoms with Crippen LogP contribution in [0.15, 0.2) is 72.9 Å². The highest BCUT2D eigenvalue weighted by Gasteiger charge is 2.32. The lowest BCUT2D eigenvalue weighted by molar-refractivity contribution is -0.116. The Labute approximate surface area is 232 Å². The molecule has 0 fully saturated rings. The first-order valence-corrected chi connectivity index (χ1v) is 12.6. The van der Waals surface area contributed by atoms with Crippen molar-refractivity contribution in [2.75, 3.05) is 37.1 Å². The molecule has 9 heteroatoms. The van der Waals surface area contributed by atoms with Crippen LogP contribution in [0, 0.1) is 11.3 Å². The first kappa shape index (κ1) is 26.3. The maximum atomic E-state index is 13.9. The van der Waals surface area contributed by atoms with Crippen molar-refractivity contribution >= 4 is 29.3 Å². The van der Waals surface area contributed by atoms with E-state index in [4.69, 9.17) is 20.9 Å². The molecule has 1 aliphatic heterocycles. The lowest BCUT2D eigenvalue weighted by atomic mass is 9.89. The van der Waals surface area contributed by atoms with Gasteiger partial charge in [0.1, 0.15) is 11.9 Å². The van der Waals surface area contributed by atoms with E-state index in [-0.39, 0.29) is 17.5 Å². The van der Waals surface area contributed by atoms with E-state index >= 15 is 0 Å². The van der Waals surface area contributed by atoms with Gasteiger partial charge in [0, 0.05) is 29.6 Å². The van der Waals surface area contributed by atoms with E-state index in [2.05, 4.69) is 27.0 Å². The predicted octanol–water partition coefficient (Wildman–Crippen LogP) is 4.58. The summed E-state index contributed by atoms with van der Waals surface area (Å²) in [5.74, 6) is 1.14. The van der Waals surface area contributed by atoms with Crippen LogP contribution in [0.5, 0.6) is 11.5 Å². The molecule has 0 saturated heterocycles. The molecule has 9 nitrogen and oxygen atoms in total. The van der Waals surface area contributed by atoms with Crippen LogP contribution >= 0.6 is 0 Å². The third-order valence-corrected chi connectivity index (χ3v) is 6.96. The molecule has 1 aliphatic rings. The molecule has 2 heterocycles. The maximum Gasteiger partial charge on any atom is 0.221 e. The number of anilines is 3. The Bertz CT molecular complexity index is 1640. The van der Waals surface area contributed by atoms with Gasteiger partial charge >= 0.3 is 0 Å². The number of nitrogens with zero attached hydrogens (tertiary/aromatic N) is 4. The summed E-state index contributed by atoms with van der Waals surface area (Å²) in [5, 5.41) is 9.22. The Hall–Kier alpha value is -5.36. The standard InChI is InChI=1S/C31H28N6O3/c1-39-27-16-22(25-18-35-31(34)36-30(25)33)15-21(29(27)40-2)9-12-26(38)28-24-6-4-3-5-20(24)13-14-37(28)23-10-7-19(17-32)8-11-23/h3-12,15-16,18,28H,13-14H2,1-2H3,(H4,33,34,35,36)/b12-9+. The van der Waals surface area contributed by atoms with Gasteiger partial charge in [0.2, 0.25) is 5.95 Å². The molecule has 0 bridgehead atoms. The molecule has 4 N–H and O–H groups in total. The molecule has 0 spiro atoms. The van der Waals surface area contributed by atoms with Crippen LogP contribution in [0.3, 0.4) is 0 Å². The number of benzene rings is 3. The van der Waals surface area contributed by atoms with Crippen molar-refractivity contribution in [3.63, 3.8) is 0 Å². The average Bonchev–Trinajstić information content (AvgIpc) is 2.98. The molecule has 40 heavy (non-hydrogen) atoms. The minimum absolute atomic E-state index is 0.0759. The molecule has 1 unspecified atom stereocenters. The zero-order valence-electron chi connectivity index (χ0n) is 22.2. The number of carbonyl (C=O) groups excluding carboxylic acids is 1. The molecule has 0 radical (unpaired) electrons. The van der Waals surface area contributed by atoms with Crippen LogP contribution in [-0.2, 0) is 11.2 Å². The van der Waals surface area contributed by atoms with Gasteiger partial charge < -0.3 is 25.8 Å². The minimum atomic E-state index is -0.536. The number of nitriles is 1. The Balaban J connectivity index is 1.55. The topological polar surface area (TPSA) is 140 Å². The first-order chi connectivity index (χ1) is 19.4. The number of methoxy groups -OCH3 is 2. The van der Waals surface area contributed by atoms with E-state index < -0.39 is 6.04 Å². The second-order valence-electron chi connectivity index (χ2n) is 9.27. The number of nitrogens with two attached hydrogens (primary N) is 2. The van der Waals surface area contributed by atoms with E-state index in [9.17, 15) is 10.1 Å². The predicted molar refractivity (Wildman–Crippen MR) is 155 cm³/mol. The SMILES string of the molecule is COc1cc(-c2cnc(N)nc2N)cc(/C=C/C(=O)C2c3ccccc3CCN2c2ccc(C#N)cc2)c1OC. The monoisotopic (exact) mass is 532 g/mol. The summed E-state index contributed by atoms with van der Waals surface area (Å²) in [7, 11) is 3.08. The number of nitrogen functional groups attached to an aromatic ring is 2. The van der Waals surface area contributed by atoms with Gasteiger partial charge in [-0.15, -0.1) is 0 Å². The number of hydrogen-bond donors (Lipinski definition) is 2. The quantitative estimate of drug-likeness (QED) is 0.327. The second kappa shape index (κ2) is 11.2. The largest absolute Gasteiger partial charge is 0.493 e. The molecule has 4 aromatic rings. The summed E-state index contributed by atoms with van der Waals surface area (Å²) in [6.45, 7) is 0.663. The van der Waals surface area contributed by atoms with E-state index in [1.165, 1.54) is 7.11 Å². The molecule has 5 rings (SSSR count). The Morgan fingerprint density at radius 3 is 2.58 bits per heavy atom. The Kier molecular flexibility index (Phi) is 7.33. The number of hydrogen-bond acceptors (Lipinski definition) is 9. The maximum absolute atomic E-state index is 13.9. The zero-order valence-corrected chi connectivity index (χ0v) is 22.2. The van der Waals surface area contributed by atoms with Gasteiger partial charge in [0.05, 0.1) is 25.9 Å². The fourth-order valence-corrected chi connectivity index (χ4v) is 5.05. The van der Waals surface area contributed by atoms with Gasteiger partial charge in [-0.3, -0.25) is 4.79 Å². The van der Waals surface area contributed by atoms with Crippen molar-refractivity contribution in [3.05, 3.63) is 95.2 Å². The van der Waals surface area contributed by atoms with Crippen molar-refractivity contribution in [2.45, 2.75) is 12.5 Å². The highest BCUT2D eigenvalue weighted by Crippen LogP contribution is 2.39. The van der Waals surface area contributed by atoms with Gasteiger partial charge in [0.25, 0.3) is 0 Å². The van der Waals surface area contributed by atoms with Crippen LogP contribution < -0.4 is 25.8 Å². The van der Waals surface area contributed by atoms with E-state index in [0.29, 0.717) is 40.3 Å². The van der Waals surface area contributed by atoms with Gasteiger partial charge in [0.15, 0.2) is 17.3 Å². The van der Waals surface area contributed by atoms with Crippen molar-refractivity contribution in [3.8, 4) is 28.7 Å². The molecule has 1 atom stereocenters. The summed E-state index contributed by atoms with van der Waals surface area (Å²) in [4.78, 5) is 24.1. The normalized spacial score (nSPS) is 14.4. The summed E-state index contributed by atoms with van der Waals surface area (Å²) in [5.41, 5.74) is 17.2. The molecular formula is C31H28N6O3. The van der Waals surface area contributed by atoms with Crippen molar-refractivity contribution < 1.29 is 14.3 Å². The number of aromatic nitrogens is 2. The lowest BCUT2D eigenvalue weighted by Gasteiger charge is -2.37. The number of ketones is 1. The third kappa shape index (κ3) is 5.02. The third-order valence-electron chi connectivity index (χ3n) is 6.96. The highest BCUT2D eigenvalue weighted by molar-refractivity contribution is 6.01. The van der Waals surface area contributed by atoms with Gasteiger partial charge in [-0.05, 0) is 71.7 Å². The van der Waals surface area contributed by atoms with E-state index in [1.807, 2.05) is 36.4 Å². The van der Waals surface area contributed by atoms with Crippen molar-refractivity contribution in [2.24, 2.45) is 0 Å². The molecule has 3 aromatic carbocycles.